The van der Waals surface area contributed by atoms with E-state index < -0.39 is 6.04 Å². The molecule has 0 aromatic heterocycles. The van der Waals surface area contributed by atoms with Gasteiger partial charge in [-0.25, -0.2) is 0 Å². The van der Waals surface area contributed by atoms with Gasteiger partial charge in [-0.3, -0.25) is 10.1 Å². The SMILES string of the molecule is CC(C1=CCCCC1)[N+](=O)[O-]. The summed E-state index contributed by atoms with van der Waals surface area (Å²) in [4.78, 5) is 10.2. The lowest BCUT2D eigenvalue weighted by atomic mass is 9.95. The summed E-state index contributed by atoms with van der Waals surface area (Å²) < 4.78 is 0. The van der Waals surface area contributed by atoms with Gasteiger partial charge < -0.3 is 0 Å². The largest absolute Gasteiger partial charge is 0.264 e. The highest BCUT2D eigenvalue weighted by Gasteiger charge is 2.19. The molecule has 3 nitrogen and oxygen atoms in total. The zero-order valence-electron chi connectivity index (χ0n) is 6.75. The van der Waals surface area contributed by atoms with Crippen LogP contribution in [0.4, 0.5) is 0 Å². The van der Waals surface area contributed by atoms with Crippen molar-refractivity contribution in [3.8, 4) is 0 Å². The van der Waals surface area contributed by atoms with E-state index in [1.165, 1.54) is 6.42 Å². The van der Waals surface area contributed by atoms with E-state index in [4.69, 9.17) is 0 Å². The number of nitro groups is 1. The molecule has 0 aliphatic heterocycles. The average molecular weight is 155 g/mol. The lowest BCUT2D eigenvalue weighted by Crippen LogP contribution is -2.18. The Hall–Kier alpha value is -0.860. The van der Waals surface area contributed by atoms with Crippen LogP contribution in [0.3, 0.4) is 0 Å². The van der Waals surface area contributed by atoms with E-state index in [0.717, 1.165) is 24.8 Å². The van der Waals surface area contributed by atoms with Crippen LogP contribution in [0.5, 0.6) is 0 Å². The number of allylic oxidation sites excluding steroid dienone is 1. The molecule has 1 aliphatic carbocycles. The van der Waals surface area contributed by atoms with Gasteiger partial charge in [-0.1, -0.05) is 6.08 Å². The van der Waals surface area contributed by atoms with Crippen LogP contribution in [-0.4, -0.2) is 11.0 Å². The molecular weight excluding hydrogens is 142 g/mol. The van der Waals surface area contributed by atoms with Crippen molar-refractivity contribution in [2.75, 3.05) is 0 Å². The van der Waals surface area contributed by atoms with Gasteiger partial charge in [0.25, 0.3) is 0 Å². The Labute approximate surface area is 66.3 Å². The van der Waals surface area contributed by atoms with E-state index in [0.29, 0.717) is 0 Å². The molecule has 0 N–H and O–H groups in total. The van der Waals surface area contributed by atoms with Crippen LogP contribution in [0.1, 0.15) is 32.6 Å². The van der Waals surface area contributed by atoms with E-state index in [9.17, 15) is 10.1 Å². The lowest BCUT2D eigenvalue weighted by Gasteiger charge is -2.13. The fourth-order valence-corrected chi connectivity index (χ4v) is 1.38. The van der Waals surface area contributed by atoms with Gasteiger partial charge in [0.05, 0.1) is 0 Å². The van der Waals surface area contributed by atoms with Gasteiger partial charge in [-0.05, 0) is 31.3 Å². The monoisotopic (exact) mass is 155 g/mol. The molecule has 1 atom stereocenters. The van der Waals surface area contributed by atoms with E-state index in [1.807, 2.05) is 6.08 Å². The van der Waals surface area contributed by atoms with Crippen LogP contribution in [0.25, 0.3) is 0 Å². The minimum Gasteiger partial charge on any atom is -0.264 e. The molecule has 0 bridgehead atoms. The highest BCUT2D eigenvalue weighted by atomic mass is 16.6. The summed E-state index contributed by atoms with van der Waals surface area (Å²) >= 11 is 0. The quantitative estimate of drug-likeness (QED) is 0.348. The molecule has 0 heterocycles. The van der Waals surface area contributed by atoms with E-state index in [-0.39, 0.29) is 4.92 Å². The minimum absolute atomic E-state index is 0.211. The van der Waals surface area contributed by atoms with Crippen molar-refractivity contribution in [2.24, 2.45) is 0 Å². The van der Waals surface area contributed by atoms with Gasteiger partial charge in [-0.2, -0.15) is 0 Å². The zero-order valence-corrected chi connectivity index (χ0v) is 6.75. The molecule has 0 amide bonds. The predicted octanol–water partition coefficient (Wildman–Crippen LogP) is 2.15. The second-order valence-electron chi connectivity index (χ2n) is 2.99. The molecule has 0 saturated heterocycles. The molecular formula is C8H13NO2. The summed E-state index contributed by atoms with van der Waals surface area (Å²) in [6.07, 6.45) is 6.27. The Morgan fingerprint density at radius 2 is 2.36 bits per heavy atom. The summed E-state index contributed by atoms with van der Waals surface area (Å²) in [6, 6.07) is -0.463. The van der Waals surface area contributed by atoms with Gasteiger partial charge in [-0.15, -0.1) is 0 Å². The van der Waals surface area contributed by atoms with Crippen LogP contribution in [-0.2, 0) is 0 Å². The Morgan fingerprint density at radius 1 is 1.64 bits per heavy atom. The molecule has 1 rings (SSSR count). The zero-order chi connectivity index (χ0) is 8.27. The molecule has 1 unspecified atom stereocenters. The standard InChI is InChI=1S/C8H13NO2/c1-7(9(10)11)8-5-3-2-4-6-8/h5,7H,2-4,6H2,1H3. The molecule has 3 heteroatoms. The van der Waals surface area contributed by atoms with Crippen LogP contribution < -0.4 is 0 Å². The number of nitrogens with zero attached hydrogens (tertiary/aromatic N) is 1. The Bertz CT molecular complexity index is 187. The number of hydrogen-bond acceptors (Lipinski definition) is 2. The smallest absolute Gasteiger partial charge is 0.231 e. The van der Waals surface area contributed by atoms with E-state index in [1.54, 1.807) is 6.92 Å². The van der Waals surface area contributed by atoms with Crippen molar-refractivity contribution in [1.82, 2.24) is 0 Å². The summed E-state index contributed by atoms with van der Waals surface area (Å²) in [7, 11) is 0. The molecule has 0 aromatic carbocycles. The summed E-state index contributed by atoms with van der Waals surface area (Å²) in [6.45, 7) is 1.66. The Morgan fingerprint density at radius 3 is 2.82 bits per heavy atom. The van der Waals surface area contributed by atoms with Crippen LogP contribution in [0.2, 0.25) is 0 Å². The fourth-order valence-electron chi connectivity index (χ4n) is 1.38. The van der Waals surface area contributed by atoms with Gasteiger partial charge in [0, 0.05) is 11.8 Å². The van der Waals surface area contributed by atoms with Gasteiger partial charge in [0.2, 0.25) is 6.04 Å². The van der Waals surface area contributed by atoms with Crippen molar-refractivity contribution in [3.05, 3.63) is 21.8 Å². The van der Waals surface area contributed by atoms with Crippen molar-refractivity contribution >= 4 is 0 Å². The third-order valence-corrected chi connectivity index (χ3v) is 2.18. The fraction of sp³-hybridized carbons (Fsp3) is 0.750. The van der Waals surface area contributed by atoms with E-state index in [2.05, 4.69) is 0 Å². The van der Waals surface area contributed by atoms with Crippen molar-refractivity contribution in [1.29, 1.82) is 0 Å². The first kappa shape index (κ1) is 8.24. The lowest BCUT2D eigenvalue weighted by molar-refractivity contribution is -0.508. The summed E-state index contributed by atoms with van der Waals surface area (Å²) in [5.74, 6) is 0. The first-order valence-electron chi connectivity index (χ1n) is 4.04. The highest BCUT2D eigenvalue weighted by Crippen LogP contribution is 2.21. The number of hydrogen-bond donors (Lipinski definition) is 0. The van der Waals surface area contributed by atoms with Crippen molar-refractivity contribution in [3.63, 3.8) is 0 Å². The van der Waals surface area contributed by atoms with Crippen LogP contribution >= 0.6 is 0 Å². The molecule has 0 spiro atoms. The topological polar surface area (TPSA) is 43.1 Å². The maximum Gasteiger partial charge on any atom is 0.231 e. The molecule has 0 aromatic rings. The molecule has 62 valence electrons. The average Bonchev–Trinajstić information content (AvgIpc) is 2.05. The molecule has 0 fully saturated rings. The molecule has 0 radical (unpaired) electrons. The van der Waals surface area contributed by atoms with E-state index >= 15 is 0 Å². The Kier molecular flexibility index (Phi) is 2.63. The predicted molar refractivity (Wildman–Crippen MR) is 43.0 cm³/mol. The summed E-state index contributed by atoms with van der Waals surface area (Å²) in [5, 5.41) is 10.4. The van der Waals surface area contributed by atoms with Crippen molar-refractivity contribution < 1.29 is 4.92 Å². The number of rotatable bonds is 2. The first-order valence-corrected chi connectivity index (χ1v) is 4.04. The van der Waals surface area contributed by atoms with Crippen molar-refractivity contribution in [2.45, 2.75) is 38.6 Å². The minimum atomic E-state index is -0.463. The first-order chi connectivity index (χ1) is 5.22. The highest BCUT2D eigenvalue weighted by molar-refractivity contribution is 5.09. The van der Waals surface area contributed by atoms with Crippen LogP contribution in [0, 0.1) is 10.1 Å². The molecule has 1 aliphatic rings. The van der Waals surface area contributed by atoms with Gasteiger partial charge in [0.1, 0.15) is 0 Å². The summed E-state index contributed by atoms with van der Waals surface area (Å²) in [5.41, 5.74) is 1.02. The van der Waals surface area contributed by atoms with Gasteiger partial charge >= 0.3 is 0 Å². The maximum atomic E-state index is 10.4. The third-order valence-electron chi connectivity index (χ3n) is 2.18. The Balaban J connectivity index is 2.58. The second-order valence-corrected chi connectivity index (χ2v) is 2.99. The molecule has 11 heavy (non-hydrogen) atoms. The normalized spacial score (nSPS) is 20.6. The molecule has 0 saturated carbocycles. The second kappa shape index (κ2) is 3.51. The third kappa shape index (κ3) is 2.03. The van der Waals surface area contributed by atoms with Gasteiger partial charge in [0.15, 0.2) is 0 Å². The van der Waals surface area contributed by atoms with Crippen LogP contribution in [0.15, 0.2) is 11.6 Å². The maximum absolute atomic E-state index is 10.4.